The predicted molar refractivity (Wildman–Crippen MR) is 146 cm³/mol. The number of hydrogen-bond donors (Lipinski definition) is 1. The SMILES string of the molecule is Cc1cccc(CN(C(=O)CCSc2ccc(Cl)cc2)[C@@H](Cc2ccccc2)C(=O)NC(C)C)c1. The van der Waals surface area contributed by atoms with Gasteiger partial charge in [-0.3, -0.25) is 9.59 Å². The van der Waals surface area contributed by atoms with Crippen LogP contribution in [0.2, 0.25) is 5.02 Å². The smallest absolute Gasteiger partial charge is 0.243 e. The number of halogens is 1. The molecule has 0 fully saturated rings. The first-order chi connectivity index (χ1) is 16.8. The Bertz CT molecular complexity index is 1100. The van der Waals surface area contributed by atoms with E-state index in [9.17, 15) is 9.59 Å². The molecule has 0 aliphatic carbocycles. The molecule has 0 saturated carbocycles. The molecule has 3 aromatic rings. The van der Waals surface area contributed by atoms with Gasteiger partial charge in [0.05, 0.1) is 0 Å². The van der Waals surface area contributed by atoms with Gasteiger partial charge in [0.1, 0.15) is 6.04 Å². The number of nitrogens with zero attached hydrogens (tertiary/aromatic N) is 1. The minimum absolute atomic E-state index is 0.0165. The third kappa shape index (κ3) is 8.75. The summed E-state index contributed by atoms with van der Waals surface area (Å²) in [6.07, 6.45) is 0.792. The second-order valence-electron chi connectivity index (χ2n) is 8.93. The third-order valence-corrected chi connectivity index (χ3v) is 6.80. The van der Waals surface area contributed by atoms with Gasteiger partial charge in [-0.1, -0.05) is 71.8 Å². The molecule has 1 atom stereocenters. The monoisotopic (exact) mass is 508 g/mol. The summed E-state index contributed by atoms with van der Waals surface area (Å²) in [5.74, 6) is 0.456. The maximum absolute atomic E-state index is 13.6. The van der Waals surface area contributed by atoms with E-state index in [-0.39, 0.29) is 17.9 Å². The van der Waals surface area contributed by atoms with Gasteiger partial charge >= 0.3 is 0 Å². The Morgan fingerprint density at radius 1 is 0.943 bits per heavy atom. The van der Waals surface area contributed by atoms with Gasteiger partial charge in [0, 0.05) is 41.1 Å². The van der Waals surface area contributed by atoms with Crippen molar-refractivity contribution >= 4 is 35.2 Å². The Kier molecular flexibility index (Phi) is 10.2. The second-order valence-corrected chi connectivity index (χ2v) is 10.5. The first-order valence-electron chi connectivity index (χ1n) is 11.9. The Labute approximate surface area is 218 Å². The lowest BCUT2D eigenvalue weighted by atomic mass is 10.0. The van der Waals surface area contributed by atoms with Gasteiger partial charge in [-0.05, 0) is 56.2 Å². The lowest BCUT2D eigenvalue weighted by Crippen LogP contribution is -2.51. The molecule has 0 spiro atoms. The average molecular weight is 509 g/mol. The van der Waals surface area contributed by atoms with E-state index < -0.39 is 6.04 Å². The van der Waals surface area contributed by atoms with Crippen LogP contribution in [0.25, 0.3) is 0 Å². The van der Waals surface area contributed by atoms with Crippen LogP contribution in [0.15, 0.2) is 83.8 Å². The lowest BCUT2D eigenvalue weighted by molar-refractivity contribution is -0.141. The van der Waals surface area contributed by atoms with Gasteiger partial charge in [-0.15, -0.1) is 11.8 Å². The topological polar surface area (TPSA) is 49.4 Å². The van der Waals surface area contributed by atoms with E-state index in [1.807, 2.05) is 93.6 Å². The Morgan fingerprint density at radius 3 is 2.29 bits per heavy atom. The van der Waals surface area contributed by atoms with Crippen LogP contribution in [0.1, 0.15) is 37.0 Å². The molecule has 35 heavy (non-hydrogen) atoms. The van der Waals surface area contributed by atoms with Crippen molar-refractivity contribution in [2.45, 2.75) is 57.1 Å². The third-order valence-electron chi connectivity index (χ3n) is 5.54. The van der Waals surface area contributed by atoms with Crippen LogP contribution in [0.3, 0.4) is 0 Å². The minimum Gasteiger partial charge on any atom is -0.352 e. The van der Waals surface area contributed by atoms with Crippen LogP contribution in [0.4, 0.5) is 0 Å². The quantitative estimate of drug-likeness (QED) is 0.309. The fourth-order valence-electron chi connectivity index (χ4n) is 3.87. The van der Waals surface area contributed by atoms with Crippen LogP contribution < -0.4 is 5.32 Å². The van der Waals surface area contributed by atoms with Crippen molar-refractivity contribution in [3.05, 3.63) is 101 Å². The van der Waals surface area contributed by atoms with E-state index in [4.69, 9.17) is 11.6 Å². The maximum Gasteiger partial charge on any atom is 0.243 e. The van der Waals surface area contributed by atoms with E-state index in [2.05, 4.69) is 11.4 Å². The predicted octanol–water partition coefficient (Wildman–Crippen LogP) is 6.30. The van der Waals surface area contributed by atoms with Gasteiger partial charge in [0.2, 0.25) is 11.8 Å². The molecule has 0 bridgehead atoms. The molecule has 0 saturated heterocycles. The zero-order valence-corrected chi connectivity index (χ0v) is 22.1. The number of amides is 2. The van der Waals surface area contributed by atoms with Crippen molar-refractivity contribution in [1.82, 2.24) is 10.2 Å². The number of hydrogen-bond acceptors (Lipinski definition) is 3. The van der Waals surface area contributed by atoms with Crippen molar-refractivity contribution in [1.29, 1.82) is 0 Å². The molecule has 2 amide bonds. The van der Waals surface area contributed by atoms with Crippen LogP contribution in [0.5, 0.6) is 0 Å². The van der Waals surface area contributed by atoms with E-state index in [0.717, 1.165) is 21.6 Å². The number of nitrogens with one attached hydrogen (secondary N) is 1. The van der Waals surface area contributed by atoms with Crippen LogP contribution >= 0.6 is 23.4 Å². The standard InChI is InChI=1S/C29H33ClN2O2S/c1-21(2)31-29(34)27(19-23-9-5-4-6-10-23)32(20-24-11-7-8-22(3)18-24)28(33)16-17-35-26-14-12-25(30)13-15-26/h4-15,18,21,27H,16-17,19-20H2,1-3H3,(H,31,34)/t27-/m0/s1. The average Bonchev–Trinajstić information content (AvgIpc) is 2.82. The molecule has 6 heteroatoms. The molecule has 3 aromatic carbocycles. The van der Waals surface area contributed by atoms with Crippen molar-refractivity contribution < 1.29 is 9.59 Å². The number of benzene rings is 3. The van der Waals surface area contributed by atoms with E-state index >= 15 is 0 Å². The highest BCUT2D eigenvalue weighted by atomic mass is 35.5. The number of thioether (sulfide) groups is 1. The largest absolute Gasteiger partial charge is 0.352 e. The minimum atomic E-state index is -0.603. The highest BCUT2D eigenvalue weighted by molar-refractivity contribution is 7.99. The van der Waals surface area contributed by atoms with Gasteiger partial charge in [0.25, 0.3) is 0 Å². The lowest BCUT2D eigenvalue weighted by Gasteiger charge is -2.32. The Hall–Kier alpha value is -2.76. The summed E-state index contributed by atoms with van der Waals surface area (Å²) in [5.41, 5.74) is 3.16. The number of rotatable bonds is 11. The summed E-state index contributed by atoms with van der Waals surface area (Å²) in [6, 6.07) is 25.0. The van der Waals surface area contributed by atoms with Crippen LogP contribution in [0, 0.1) is 6.92 Å². The van der Waals surface area contributed by atoms with Gasteiger partial charge in [-0.25, -0.2) is 0 Å². The summed E-state index contributed by atoms with van der Waals surface area (Å²) >= 11 is 7.60. The summed E-state index contributed by atoms with van der Waals surface area (Å²) < 4.78 is 0. The number of carbonyl (C=O) groups is 2. The van der Waals surface area contributed by atoms with Gasteiger partial charge in [0.15, 0.2) is 0 Å². The normalized spacial score (nSPS) is 11.8. The van der Waals surface area contributed by atoms with Gasteiger partial charge < -0.3 is 10.2 Å². The van der Waals surface area contributed by atoms with Crippen molar-refractivity contribution in [3.63, 3.8) is 0 Å². The van der Waals surface area contributed by atoms with Crippen LogP contribution in [-0.4, -0.2) is 34.6 Å². The van der Waals surface area contributed by atoms with Crippen molar-refractivity contribution in [3.8, 4) is 0 Å². The van der Waals surface area contributed by atoms with Crippen molar-refractivity contribution in [2.24, 2.45) is 0 Å². The molecule has 1 N–H and O–H groups in total. The summed E-state index contributed by atoms with van der Waals surface area (Å²) in [6.45, 7) is 6.29. The second kappa shape index (κ2) is 13.4. The molecule has 184 valence electrons. The first-order valence-corrected chi connectivity index (χ1v) is 13.3. The number of aryl methyl sites for hydroxylation is 1. The maximum atomic E-state index is 13.6. The zero-order chi connectivity index (χ0) is 25.2. The van der Waals surface area contributed by atoms with Crippen LogP contribution in [-0.2, 0) is 22.6 Å². The molecule has 0 radical (unpaired) electrons. The van der Waals surface area contributed by atoms with Crippen molar-refractivity contribution in [2.75, 3.05) is 5.75 Å². The molecule has 0 aliphatic rings. The Morgan fingerprint density at radius 2 is 1.63 bits per heavy atom. The summed E-state index contributed by atoms with van der Waals surface area (Å²) in [7, 11) is 0. The first kappa shape index (κ1) is 26.8. The zero-order valence-electron chi connectivity index (χ0n) is 20.5. The summed E-state index contributed by atoms with van der Waals surface area (Å²) in [4.78, 5) is 29.8. The highest BCUT2D eigenvalue weighted by Crippen LogP contribution is 2.23. The fourth-order valence-corrected chi connectivity index (χ4v) is 4.84. The number of carbonyl (C=O) groups excluding carboxylic acids is 2. The molecule has 0 unspecified atom stereocenters. The molecular weight excluding hydrogens is 476 g/mol. The fraction of sp³-hybridized carbons (Fsp3) is 0.310. The molecule has 3 rings (SSSR count). The van der Waals surface area contributed by atoms with E-state index in [0.29, 0.717) is 30.2 Å². The summed E-state index contributed by atoms with van der Waals surface area (Å²) in [5, 5.41) is 3.72. The molecule has 4 nitrogen and oxygen atoms in total. The van der Waals surface area contributed by atoms with Gasteiger partial charge in [-0.2, -0.15) is 0 Å². The Balaban J connectivity index is 1.84. The molecule has 0 aliphatic heterocycles. The van der Waals surface area contributed by atoms with E-state index in [1.54, 1.807) is 16.7 Å². The molecule has 0 aromatic heterocycles. The molecule has 0 heterocycles. The highest BCUT2D eigenvalue weighted by Gasteiger charge is 2.30. The molecular formula is C29H33ClN2O2S. The van der Waals surface area contributed by atoms with E-state index in [1.165, 1.54) is 0 Å².